The van der Waals surface area contributed by atoms with Gasteiger partial charge in [0.25, 0.3) is 0 Å². The number of piperazine rings is 1. The molecule has 20 heavy (non-hydrogen) atoms. The highest BCUT2D eigenvalue weighted by atomic mass is 16.3. The topological polar surface area (TPSA) is 72.9 Å². The second kappa shape index (κ2) is 6.91. The van der Waals surface area contributed by atoms with Crippen molar-refractivity contribution < 1.29 is 14.7 Å². The number of carbonyl (C=O) groups is 2. The Morgan fingerprint density at radius 2 is 1.75 bits per heavy atom. The third-order valence-corrected chi connectivity index (χ3v) is 3.28. The summed E-state index contributed by atoms with van der Waals surface area (Å²) >= 11 is 0. The molecule has 0 bridgehead atoms. The third kappa shape index (κ3) is 3.48. The summed E-state index contributed by atoms with van der Waals surface area (Å²) in [7, 11) is 0. The number of amides is 2. The summed E-state index contributed by atoms with van der Waals surface area (Å²) in [5.74, 6) is -1.17. The fourth-order valence-corrected chi connectivity index (χ4v) is 2.20. The molecule has 0 atom stereocenters. The van der Waals surface area contributed by atoms with Gasteiger partial charge in [-0.25, -0.2) is 0 Å². The van der Waals surface area contributed by atoms with Crippen LogP contribution in [0.2, 0.25) is 0 Å². The molecule has 0 saturated carbocycles. The first kappa shape index (κ1) is 14.3. The van der Waals surface area contributed by atoms with E-state index in [1.807, 2.05) is 30.3 Å². The average molecular weight is 277 g/mol. The van der Waals surface area contributed by atoms with Crippen molar-refractivity contribution in [2.24, 2.45) is 0 Å². The van der Waals surface area contributed by atoms with E-state index < -0.39 is 11.8 Å². The number of hydrogen-bond donors (Lipinski definition) is 2. The van der Waals surface area contributed by atoms with Gasteiger partial charge in [0.2, 0.25) is 0 Å². The van der Waals surface area contributed by atoms with E-state index in [-0.39, 0.29) is 13.2 Å². The number of carbonyl (C=O) groups excluding carboxylic acids is 2. The van der Waals surface area contributed by atoms with Crippen molar-refractivity contribution in [2.75, 3.05) is 44.2 Å². The standard InChI is InChI=1S/C14H19N3O3/c18-11-6-15-13(19)14(20)17-9-7-16(8-10-17)12-4-2-1-3-5-12/h1-5,18H,6-11H2,(H,15,19). The van der Waals surface area contributed by atoms with Gasteiger partial charge in [0, 0.05) is 38.4 Å². The van der Waals surface area contributed by atoms with Crippen LogP contribution < -0.4 is 10.2 Å². The van der Waals surface area contributed by atoms with Gasteiger partial charge in [-0.1, -0.05) is 18.2 Å². The van der Waals surface area contributed by atoms with Gasteiger partial charge in [0.1, 0.15) is 0 Å². The zero-order valence-corrected chi connectivity index (χ0v) is 11.3. The summed E-state index contributed by atoms with van der Waals surface area (Å²) in [4.78, 5) is 27.1. The highest BCUT2D eigenvalue weighted by Crippen LogP contribution is 2.15. The Kier molecular flexibility index (Phi) is 4.95. The molecule has 1 fully saturated rings. The van der Waals surface area contributed by atoms with Crippen LogP contribution in [0, 0.1) is 0 Å². The molecule has 0 aromatic heterocycles. The normalized spacial score (nSPS) is 15.1. The number of hydrogen-bond acceptors (Lipinski definition) is 4. The molecule has 1 aromatic rings. The molecule has 6 nitrogen and oxygen atoms in total. The smallest absolute Gasteiger partial charge is 0.312 e. The van der Waals surface area contributed by atoms with Gasteiger partial charge >= 0.3 is 11.8 Å². The lowest BCUT2D eigenvalue weighted by molar-refractivity contribution is -0.146. The van der Waals surface area contributed by atoms with E-state index in [0.717, 1.165) is 5.69 Å². The molecule has 0 radical (unpaired) electrons. The Morgan fingerprint density at radius 1 is 1.10 bits per heavy atom. The van der Waals surface area contributed by atoms with Crippen LogP contribution in [-0.2, 0) is 9.59 Å². The molecule has 1 aliphatic heterocycles. The van der Waals surface area contributed by atoms with Crippen LogP contribution in [0.1, 0.15) is 0 Å². The number of nitrogens with zero attached hydrogens (tertiary/aromatic N) is 2. The summed E-state index contributed by atoms with van der Waals surface area (Å²) in [6.45, 7) is 2.42. The molecule has 1 saturated heterocycles. The molecule has 108 valence electrons. The summed E-state index contributed by atoms with van der Waals surface area (Å²) < 4.78 is 0. The first-order valence-electron chi connectivity index (χ1n) is 6.70. The van der Waals surface area contributed by atoms with Gasteiger partial charge in [-0.3, -0.25) is 9.59 Å². The van der Waals surface area contributed by atoms with E-state index in [1.165, 1.54) is 0 Å². The quantitative estimate of drug-likeness (QED) is 0.727. The zero-order chi connectivity index (χ0) is 14.4. The zero-order valence-electron chi connectivity index (χ0n) is 11.3. The molecule has 0 spiro atoms. The first-order chi connectivity index (χ1) is 9.72. The van der Waals surface area contributed by atoms with Crippen LogP contribution in [0.5, 0.6) is 0 Å². The van der Waals surface area contributed by atoms with Crippen LogP contribution in [-0.4, -0.2) is 61.2 Å². The van der Waals surface area contributed by atoms with Crippen LogP contribution in [0.15, 0.2) is 30.3 Å². The fourth-order valence-electron chi connectivity index (χ4n) is 2.20. The maximum absolute atomic E-state index is 11.9. The maximum atomic E-state index is 11.9. The Bertz CT molecular complexity index is 456. The molecule has 1 heterocycles. The van der Waals surface area contributed by atoms with Crippen molar-refractivity contribution in [3.05, 3.63) is 30.3 Å². The summed E-state index contributed by atoms with van der Waals surface area (Å²) in [6.07, 6.45) is 0. The molecule has 2 N–H and O–H groups in total. The Hall–Kier alpha value is -2.08. The predicted octanol–water partition coefficient (Wildman–Crippen LogP) is -0.556. The highest BCUT2D eigenvalue weighted by Gasteiger charge is 2.25. The summed E-state index contributed by atoms with van der Waals surface area (Å²) in [5.41, 5.74) is 1.13. The van der Waals surface area contributed by atoms with Gasteiger partial charge in [0.05, 0.1) is 6.61 Å². The van der Waals surface area contributed by atoms with Gasteiger partial charge in [-0.2, -0.15) is 0 Å². The SMILES string of the molecule is O=C(NCCO)C(=O)N1CCN(c2ccccc2)CC1. The number of benzene rings is 1. The minimum absolute atomic E-state index is 0.106. The summed E-state index contributed by atoms with van der Waals surface area (Å²) in [5, 5.41) is 11.0. The van der Waals surface area contributed by atoms with E-state index in [0.29, 0.717) is 26.2 Å². The largest absolute Gasteiger partial charge is 0.395 e. The lowest BCUT2D eigenvalue weighted by Gasteiger charge is -2.35. The second-order valence-electron chi connectivity index (χ2n) is 4.59. The molecule has 2 amide bonds. The van der Waals surface area contributed by atoms with Crippen LogP contribution in [0.3, 0.4) is 0 Å². The lowest BCUT2D eigenvalue weighted by Crippen LogP contribution is -2.52. The third-order valence-electron chi connectivity index (χ3n) is 3.28. The Labute approximate surface area is 118 Å². The molecule has 0 unspecified atom stereocenters. The highest BCUT2D eigenvalue weighted by molar-refractivity contribution is 6.35. The van der Waals surface area contributed by atoms with Gasteiger partial charge in [-0.05, 0) is 12.1 Å². The number of rotatable bonds is 3. The van der Waals surface area contributed by atoms with Crippen molar-refractivity contribution in [3.63, 3.8) is 0 Å². The van der Waals surface area contributed by atoms with Gasteiger partial charge in [0.15, 0.2) is 0 Å². The van der Waals surface area contributed by atoms with E-state index >= 15 is 0 Å². The number of aliphatic hydroxyl groups excluding tert-OH is 1. The molecular weight excluding hydrogens is 258 g/mol. The number of aliphatic hydroxyl groups is 1. The van der Waals surface area contributed by atoms with Crippen LogP contribution in [0.25, 0.3) is 0 Å². The Morgan fingerprint density at radius 3 is 2.35 bits per heavy atom. The predicted molar refractivity (Wildman–Crippen MR) is 75.3 cm³/mol. The van der Waals surface area contributed by atoms with E-state index in [1.54, 1.807) is 4.90 Å². The van der Waals surface area contributed by atoms with Crippen molar-refractivity contribution in [1.29, 1.82) is 0 Å². The van der Waals surface area contributed by atoms with Crippen molar-refractivity contribution in [1.82, 2.24) is 10.2 Å². The molecule has 1 aromatic carbocycles. The maximum Gasteiger partial charge on any atom is 0.312 e. The molecule has 2 rings (SSSR count). The lowest BCUT2D eigenvalue weighted by atomic mass is 10.2. The van der Waals surface area contributed by atoms with E-state index in [2.05, 4.69) is 10.2 Å². The van der Waals surface area contributed by atoms with Crippen molar-refractivity contribution in [2.45, 2.75) is 0 Å². The summed E-state index contributed by atoms with van der Waals surface area (Å²) in [6, 6.07) is 10.00. The second-order valence-corrected chi connectivity index (χ2v) is 4.59. The van der Waals surface area contributed by atoms with Crippen LogP contribution >= 0.6 is 0 Å². The van der Waals surface area contributed by atoms with Crippen molar-refractivity contribution in [3.8, 4) is 0 Å². The molecule has 1 aliphatic rings. The monoisotopic (exact) mass is 277 g/mol. The average Bonchev–Trinajstić information content (AvgIpc) is 2.53. The number of nitrogens with one attached hydrogen (secondary N) is 1. The van der Waals surface area contributed by atoms with Crippen LogP contribution in [0.4, 0.5) is 5.69 Å². The Balaban J connectivity index is 1.85. The molecular formula is C14H19N3O3. The van der Waals surface area contributed by atoms with E-state index in [9.17, 15) is 9.59 Å². The number of anilines is 1. The minimum Gasteiger partial charge on any atom is -0.395 e. The molecule has 0 aliphatic carbocycles. The van der Waals surface area contributed by atoms with Crippen molar-refractivity contribution >= 4 is 17.5 Å². The van der Waals surface area contributed by atoms with Gasteiger partial charge < -0.3 is 20.2 Å². The minimum atomic E-state index is -0.646. The first-order valence-corrected chi connectivity index (χ1v) is 6.70. The van der Waals surface area contributed by atoms with Gasteiger partial charge in [-0.15, -0.1) is 0 Å². The molecule has 6 heteroatoms. The fraction of sp³-hybridized carbons (Fsp3) is 0.429. The van der Waals surface area contributed by atoms with E-state index in [4.69, 9.17) is 5.11 Å². The number of para-hydroxylation sites is 1.